The molecular weight excluding hydrogens is 407 g/mol. The van der Waals surface area contributed by atoms with E-state index in [9.17, 15) is 0 Å². The molecule has 0 unspecified atom stereocenters. The summed E-state index contributed by atoms with van der Waals surface area (Å²) in [6.45, 7) is 3.07. The van der Waals surface area contributed by atoms with Gasteiger partial charge in [0.1, 0.15) is 5.82 Å². The van der Waals surface area contributed by atoms with Crippen LogP contribution in [-0.4, -0.2) is 35.6 Å². The van der Waals surface area contributed by atoms with E-state index in [1.54, 1.807) is 6.07 Å². The van der Waals surface area contributed by atoms with Gasteiger partial charge < -0.3 is 16.0 Å². The summed E-state index contributed by atoms with van der Waals surface area (Å²) in [5.74, 6) is 1.82. The molecule has 2 aliphatic heterocycles. The van der Waals surface area contributed by atoms with E-state index in [-0.39, 0.29) is 43.2 Å². The van der Waals surface area contributed by atoms with Gasteiger partial charge in [0, 0.05) is 30.8 Å². The molecule has 1 aromatic carbocycles. The van der Waals surface area contributed by atoms with Gasteiger partial charge in [0.05, 0.1) is 17.3 Å². The van der Waals surface area contributed by atoms with Gasteiger partial charge in [-0.1, -0.05) is 12.1 Å². The molecule has 0 aliphatic carbocycles. The van der Waals surface area contributed by atoms with Gasteiger partial charge in [-0.15, -0.1) is 37.2 Å². The van der Waals surface area contributed by atoms with Crippen LogP contribution in [0, 0.1) is 17.2 Å². The lowest BCUT2D eigenvalue weighted by Gasteiger charge is -2.24. The average Bonchev–Trinajstić information content (AvgIpc) is 3.05. The fourth-order valence-electron chi connectivity index (χ4n) is 3.74. The lowest BCUT2D eigenvalue weighted by molar-refractivity contribution is 0.340. The number of benzene rings is 1. The van der Waals surface area contributed by atoms with Crippen molar-refractivity contribution in [2.24, 2.45) is 5.92 Å². The quantitative estimate of drug-likeness (QED) is 0.762. The summed E-state index contributed by atoms with van der Waals surface area (Å²) < 4.78 is 0. The van der Waals surface area contributed by atoms with E-state index in [1.807, 2.05) is 24.3 Å². The summed E-state index contributed by atoms with van der Waals surface area (Å²) in [7, 11) is 0. The number of nitriles is 1. The first-order valence-corrected chi connectivity index (χ1v) is 8.36. The van der Waals surface area contributed by atoms with E-state index in [1.165, 1.54) is 12.8 Å². The van der Waals surface area contributed by atoms with Crippen LogP contribution in [0.1, 0.15) is 18.4 Å². The Bertz CT molecular complexity index is 796. The molecule has 2 aliphatic rings. The normalized spacial score (nSPS) is 20.3. The molecule has 9 heteroatoms. The molecule has 0 bridgehead atoms. The maximum atomic E-state index is 9.09. The van der Waals surface area contributed by atoms with Gasteiger partial charge in [-0.05, 0) is 37.4 Å². The van der Waals surface area contributed by atoms with Crippen molar-refractivity contribution in [3.63, 3.8) is 0 Å². The molecule has 2 fully saturated rings. The molecule has 0 amide bonds. The zero-order chi connectivity index (χ0) is 16.5. The standard InChI is InChI=1S/C18H20N6.3ClH/c19-9-12-3-1-4-13(7-12)15-8-17(23-18(20)22-15)24-10-14-5-2-6-21-16(14)11-24;;;/h1,3-4,7-8,14,16,21H,2,5-6,10-11H2,(H2,20,22,23);3*1H/t14-,16+;;;/m1.../s1. The summed E-state index contributed by atoms with van der Waals surface area (Å²) in [5, 5.41) is 12.7. The molecule has 146 valence electrons. The summed E-state index contributed by atoms with van der Waals surface area (Å²) >= 11 is 0. The average molecular weight is 430 g/mol. The van der Waals surface area contributed by atoms with Crippen LogP contribution in [0.25, 0.3) is 11.3 Å². The van der Waals surface area contributed by atoms with Crippen molar-refractivity contribution in [1.82, 2.24) is 15.3 Å². The van der Waals surface area contributed by atoms with Crippen molar-refractivity contribution in [2.45, 2.75) is 18.9 Å². The van der Waals surface area contributed by atoms with Gasteiger partial charge >= 0.3 is 0 Å². The number of rotatable bonds is 2. The van der Waals surface area contributed by atoms with Crippen LogP contribution in [0.4, 0.5) is 11.8 Å². The minimum Gasteiger partial charge on any atom is -0.368 e. The Kier molecular flexibility index (Phi) is 8.58. The van der Waals surface area contributed by atoms with Crippen LogP contribution in [0.3, 0.4) is 0 Å². The fourth-order valence-corrected chi connectivity index (χ4v) is 3.74. The molecule has 3 heterocycles. The summed E-state index contributed by atoms with van der Waals surface area (Å²) in [6.07, 6.45) is 2.51. The van der Waals surface area contributed by atoms with E-state index in [4.69, 9.17) is 11.0 Å². The van der Waals surface area contributed by atoms with E-state index >= 15 is 0 Å². The Balaban J connectivity index is 0.00000121. The number of piperidine rings is 1. The third-order valence-corrected chi connectivity index (χ3v) is 4.94. The second-order valence-electron chi connectivity index (χ2n) is 6.53. The monoisotopic (exact) mass is 428 g/mol. The first-order valence-electron chi connectivity index (χ1n) is 8.36. The molecule has 2 saturated heterocycles. The SMILES string of the molecule is Cl.Cl.Cl.N#Cc1cccc(-c2cc(N3C[C@H]4CCCN[C@H]4C3)nc(N)n2)c1. The molecule has 1 aromatic heterocycles. The largest absolute Gasteiger partial charge is 0.368 e. The number of nitrogens with one attached hydrogen (secondary N) is 1. The molecule has 0 saturated carbocycles. The summed E-state index contributed by atoms with van der Waals surface area (Å²) in [6, 6.07) is 12.1. The van der Waals surface area contributed by atoms with Crippen molar-refractivity contribution in [3.8, 4) is 17.3 Å². The molecule has 4 rings (SSSR count). The van der Waals surface area contributed by atoms with Crippen LogP contribution >= 0.6 is 37.2 Å². The predicted octanol–water partition coefficient (Wildman–Crippen LogP) is 3.05. The topological polar surface area (TPSA) is 90.9 Å². The van der Waals surface area contributed by atoms with E-state index in [0.29, 0.717) is 17.5 Å². The minimum absolute atomic E-state index is 0. The third-order valence-electron chi connectivity index (χ3n) is 4.94. The van der Waals surface area contributed by atoms with Gasteiger partial charge in [0.15, 0.2) is 0 Å². The Labute approximate surface area is 177 Å². The molecule has 6 nitrogen and oxygen atoms in total. The van der Waals surface area contributed by atoms with E-state index < -0.39 is 0 Å². The Morgan fingerprint density at radius 3 is 2.70 bits per heavy atom. The zero-order valence-corrected chi connectivity index (χ0v) is 17.1. The predicted molar refractivity (Wildman–Crippen MR) is 115 cm³/mol. The van der Waals surface area contributed by atoms with Crippen LogP contribution in [0.15, 0.2) is 30.3 Å². The Morgan fingerprint density at radius 2 is 1.96 bits per heavy atom. The Hall–Kier alpha value is -1.78. The number of hydrogen-bond donors (Lipinski definition) is 2. The van der Waals surface area contributed by atoms with Crippen LogP contribution in [-0.2, 0) is 0 Å². The lowest BCUT2D eigenvalue weighted by Crippen LogP contribution is -2.40. The highest BCUT2D eigenvalue weighted by atomic mass is 35.5. The third kappa shape index (κ3) is 4.94. The Morgan fingerprint density at radius 1 is 1.15 bits per heavy atom. The van der Waals surface area contributed by atoms with Gasteiger partial charge in [-0.25, -0.2) is 4.98 Å². The van der Waals surface area contributed by atoms with Crippen molar-refractivity contribution < 1.29 is 0 Å². The maximum absolute atomic E-state index is 9.09. The first kappa shape index (κ1) is 23.3. The number of nitrogens with zero attached hydrogens (tertiary/aromatic N) is 4. The highest BCUT2D eigenvalue weighted by Crippen LogP contribution is 2.30. The van der Waals surface area contributed by atoms with Gasteiger partial charge in [-0.2, -0.15) is 10.2 Å². The minimum atomic E-state index is 0. The number of aromatic nitrogens is 2. The lowest BCUT2D eigenvalue weighted by atomic mass is 9.94. The second kappa shape index (κ2) is 9.95. The molecular formula is C18H23Cl3N6. The van der Waals surface area contributed by atoms with E-state index in [2.05, 4.69) is 26.3 Å². The molecule has 0 radical (unpaired) electrons. The summed E-state index contributed by atoms with van der Waals surface area (Å²) in [5.41, 5.74) is 8.22. The van der Waals surface area contributed by atoms with Gasteiger partial charge in [-0.3, -0.25) is 0 Å². The second-order valence-corrected chi connectivity index (χ2v) is 6.53. The van der Waals surface area contributed by atoms with Crippen molar-refractivity contribution in [2.75, 3.05) is 30.3 Å². The highest BCUT2D eigenvalue weighted by Gasteiger charge is 2.35. The number of halogens is 3. The number of nitrogen functional groups attached to an aromatic ring is 1. The van der Waals surface area contributed by atoms with Crippen molar-refractivity contribution in [3.05, 3.63) is 35.9 Å². The van der Waals surface area contributed by atoms with Crippen LogP contribution in [0.5, 0.6) is 0 Å². The van der Waals surface area contributed by atoms with Crippen LogP contribution in [0.2, 0.25) is 0 Å². The first-order chi connectivity index (χ1) is 11.7. The van der Waals surface area contributed by atoms with Crippen LogP contribution < -0.4 is 16.0 Å². The molecule has 2 atom stereocenters. The zero-order valence-electron chi connectivity index (χ0n) is 14.7. The number of hydrogen-bond acceptors (Lipinski definition) is 6. The van der Waals surface area contributed by atoms with Gasteiger partial charge in [0.25, 0.3) is 0 Å². The number of anilines is 2. The fraction of sp³-hybridized carbons (Fsp3) is 0.389. The molecule has 2 aromatic rings. The number of nitrogens with two attached hydrogens (primary N) is 1. The molecule has 0 spiro atoms. The van der Waals surface area contributed by atoms with Crippen molar-refractivity contribution in [1.29, 1.82) is 5.26 Å². The molecule has 27 heavy (non-hydrogen) atoms. The smallest absolute Gasteiger partial charge is 0.222 e. The molecule has 3 N–H and O–H groups in total. The van der Waals surface area contributed by atoms with Crippen molar-refractivity contribution >= 4 is 49.0 Å². The van der Waals surface area contributed by atoms with E-state index in [0.717, 1.165) is 36.7 Å². The number of fused-ring (bicyclic) bond motifs is 1. The highest BCUT2D eigenvalue weighted by molar-refractivity contribution is 5.86. The maximum Gasteiger partial charge on any atom is 0.222 e. The van der Waals surface area contributed by atoms with Gasteiger partial charge in [0.2, 0.25) is 5.95 Å². The summed E-state index contributed by atoms with van der Waals surface area (Å²) in [4.78, 5) is 11.1.